The number of nitro benzene ring substituents is 1. The van der Waals surface area contributed by atoms with Crippen LogP contribution < -0.4 is 4.57 Å². The number of benzene rings is 1. The summed E-state index contributed by atoms with van der Waals surface area (Å²) in [5.74, 6) is 0.814. The summed E-state index contributed by atoms with van der Waals surface area (Å²) in [7, 11) is 1.94. The fourth-order valence-electron chi connectivity index (χ4n) is 1.93. The summed E-state index contributed by atoms with van der Waals surface area (Å²) in [5.41, 5.74) is 2.92. The number of nitro groups is 1. The fourth-order valence-corrected chi connectivity index (χ4v) is 1.93. The zero-order chi connectivity index (χ0) is 14.7. The first-order valence-electron chi connectivity index (χ1n) is 6.24. The van der Waals surface area contributed by atoms with Gasteiger partial charge in [0.15, 0.2) is 5.69 Å². The van der Waals surface area contributed by atoms with E-state index in [1.54, 1.807) is 12.1 Å². The lowest BCUT2D eigenvalue weighted by Crippen LogP contribution is -2.36. The molecule has 0 unspecified atom stereocenters. The molecule has 0 aliphatic heterocycles. The topological polar surface area (TPSA) is 59.9 Å². The third-order valence-electron chi connectivity index (χ3n) is 3.09. The van der Waals surface area contributed by atoms with Crippen molar-refractivity contribution in [2.24, 2.45) is 7.05 Å². The van der Waals surface area contributed by atoms with Crippen LogP contribution in [-0.2, 0) is 7.05 Å². The Hall–Kier alpha value is -2.56. The third kappa shape index (κ3) is 3.06. The molecule has 1 aromatic carbocycles. The van der Waals surface area contributed by atoms with Crippen LogP contribution in [-0.4, -0.2) is 9.91 Å². The number of rotatable bonds is 3. The molecule has 0 bridgehead atoms. The van der Waals surface area contributed by atoms with Gasteiger partial charge in [-0.25, -0.2) is 4.57 Å². The minimum Gasteiger partial charge on any atom is -0.258 e. The SMILES string of the molecule is Cc1cc(C)[n+](C)c(C=Cc2cccc([N+](=O)[O-])c2)n1. The van der Waals surface area contributed by atoms with Crippen LogP contribution in [0.15, 0.2) is 30.3 Å². The molecule has 0 fully saturated rings. The summed E-state index contributed by atoms with van der Waals surface area (Å²) < 4.78 is 1.97. The predicted molar refractivity (Wildman–Crippen MR) is 76.9 cm³/mol. The van der Waals surface area contributed by atoms with E-state index in [0.717, 1.165) is 22.8 Å². The normalized spacial score (nSPS) is 10.9. The molecular weight excluding hydrogens is 254 g/mol. The number of aryl methyl sites for hydroxylation is 2. The quantitative estimate of drug-likeness (QED) is 0.489. The van der Waals surface area contributed by atoms with Gasteiger partial charge in [-0.15, -0.1) is 0 Å². The summed E-state index contributed by atoms with van der Waals surface area (Å²) in [5, 5.41) is 10.7. The lowest BCUT2D eigenvalue weighted by Gasteiger charge is -1.99. The van der Waals surface area contributed by atoms with Crippen LogP contribution in [0.3, 0.4) is 0 Å². The van der Waals surface area contributed by atoms with Gasteiger partial charge in [-0.05, 0) is 23.5 Å². The largest absolute Gasteiger partial charge is 0.323 e. The van der Waals surface area contributed by atoms with Crippen LogP contribution in [0.25, 0.3) is 12.2 Å². The molecule has 102 valence electrons. The van der Waals surface area contributed by atoms with Crippen molar-refractivity contribution in [2.75, 3.05) is 0 Å². The summed E-state index contributed by atoms with van der Waals surface area (Å²) in [6.45, 7) is 3.96. The Morgan fingerprint density at radius 2 is 2.00 bits per heavy atom. The van der Waals surface area contributed by atoms with Crippen LogP contribution in [0, 0.1) is 24.0 Å². The van der Waals surface area contributed by atoms with Crippen LogP contribution in [0.5, 0.6) is 0 Å². The van der Waals surface area contributed by atoms with Gasteiger partial charge in [0.05, 0.1) is 12.0 Å². The first-order valence-corrected chi connectivity index (χ1v) is 6.24. The van der Waals surface area contributed by atoms with Crippen molar-refractivity contribution >= 4 is 17.8 Å². The van der Waals surface area contributed by atoms with Crippen LogP contribution in [0.1, 0.15) is 22.8 Å². The molecule has 2 rings (SSSR count). The first-order chi connectivity index (χ1) is 9.47. The number of hydrogen-bond acceptors (Lipinski definition) is 3. The average molecular weight is 270 g/mol. The van der Waals surface area contributed by atoms with Crippen molar-refractivity contribution in [1.29, 1.82) is 0 Å². The summed E-state index contributed by atoms with van der Waals surface area (Å²) in [6.07, 6.45) is 3.69. The lowest BCUT2D eigenvalue weighted by molar-refractivity contribution is -0.682. The van der Waals surface area contributed by atoms with E-state index in [1.807, 2.05) is 49.7 Å². The molecule has 5 heteroatoms. The molecule has 0 atom stereocenters. The highest BCUT2D eigenvalue weighted by atomic mass is 16.6. The maximum absolute atomic E-state index is 10.7. The zero-order valence-corrected chi connectivity index (χ0v) is 11.7. The second-order valence-corrected chi connectivity index (χ2v) is 4.64. The lowest BCUT2D eigenvalue weighted by atomic mass is 10.2. The molecule has 20 heavy (non-hydrogen) atoms. The summed E-state index contributed by atoms with van der Waals surface area (Å²) >= 11 is 0. The first kappa shape index (κ1) is 13.9. The van der Waals surface area contributed by atoms with Gasteiger partial charge >= 0.3 is 5.82 Å². The Balaban J connectivity index is 2.34. The number of nitrogens with zero attached hydrogens (tertiary/aromatic N) is 3. The summed E-state index contributed by atoms with van der Waals surface area (Å²) in [6, 6.07) is 8.52. The van der Waals surface area contributed by atoms with E-state index in [9.17, 15) is 10.1 Å². The van der Waals surface area contributed by atoms with E-state index < -0.39 is 4.92 Å². The highest BCUT2D eigenvalue weighted by Gasteiger charge is 2.10. The molecular formula is C15H16N3O2+. The van der Waals surface area contributed by atoms with E-state index in [0.29, 0.717) is 0 Å². The molecule has 1 heterocycles. The maximum Gasteiger partial charge on any atom is 0.323 e. The van der Waals surface area contributed by atoms with Crippen LogP contribution >= 0.6 is 0 Å². The van der Waals surface area contributed by atoms with E-state index in [-0.39, 0.29) is 5.69 Å². The number of aromatic nitrogens is 2. The molecule has 0 radical (unpaired) electrons. The molecule has 5 nitrogen and oxygen atoms in total. The molecule has 2 aromatic rings. The second kappa shape index (κ2) is 5.61. The zero-order valence-electron chi connectivity index (χ0n) is 11.7. The average Bonchev–Trinajstić information content (AvgIpc) is 2.41. The molecule has 0 aliphatic rings. The van der Waals surface area contributed by atoms with Gasteiger partial charge in [0.1, 0.15) is 5.69 Å². The molecule has 0 spiro atoms. The summed E-state index contributed by atoms with van der Waals surface area (Å²) in [4.78, 5) is 14.8. The Morgan fingerprint density at radius 3 is 2.70 bits per heavy atom. The predicted octanol–water partition coefficient (Wildman–Crippen LogP) is 2.60. The molecule has 1 aromatic heterocycles. The molecule has 0 N–H and O–H groups in total. The minimum absolute atomic E-state index is 0.0879. The molecule has 0 saturated carbocycles. The maximum atomic E-state index is 10.7. The van der Waals surface area contributed by atoms with E-state index in [2.05, 4.69) is 4.98 Å². The van der Waals surface area contributed by atoms with E-state index >= 15 is 0 Å². The second-order valence-electron chi connectivity index (χ2n) is 4.64. The molecule has 0 aliphatic carbocycles. The molecule has 0 saturated heterocycles. The van der Waals surface area contributed by atoms with Crippen molar-refractivity contribution in [1.82, 2.24) is 4.98 Å². The Labute approximate surface area is 117 Å². The van der Waals surface area contributed by atoms with Gasteiger partial charge in [0.2, 0.25) is 0 Å². The van der Waals surface area contributed by atoms with Gasteiger partial charge in [0, 0.05) is 31.2 Å². The van der Waals surface area contributed by atoms with Gasteiger partial charge in [-0.2, -0.15) is 0 Å². The Morgan fingerprint density at radius 1 is 1.25 bits per heavy atom. The van der Waals surface area contributed by atoms with Crippen LogP contribution in [0.2, 0.25) is 0 Å². The number of non-ortho nitro benzene ring substituents is 1. The van der Waals surface area contributed by atoms with Crippen molar-refractivity contribution in [3.63, 3.8) is 0 Å². The fraction of sp³-hybridized carbons (Fsp3) is 0.200. The van der Waals surface area contributed by atoms with Crippen molar-refractivity contribution in [3.05, 3.63) is 63.2 Å². The van der Waals surface area contributed by atoms with Crippen molar-refractivity contribution < 1.29 is 9.49 Å². The molecule has 0 amide bonds. The van der Waals surface area contributed by atoms with E-state index in [1.165, 1.54) is 6.07 Å². The Bertz CT molecular complexity index is 694. The highest BCUT2D eigenvalue weighted by Crippen LogP contribution is 2.14. The van der Waals surface area contributed by atoms with Crippen LogP contribution in [0.4, 0.5) is 5.69 Å². The van der Waals surface area contributed by atoms with Crippen molar-refractivity contribution in [3.8, 4) is 0 Å². The van der Waals surface area contributed by atoms with E-state index in [4.69, 9.17) is 0 Å². The highest BCUT2D eigenvalue weighted by molar-refractivity contribution is 5.67. The standard InChI is InChI=1S/C15H16N3O2/c1-11-9-12(2)17(3)15(16-11)8-7-13-5-4-6-14(10-13)18(19)20/h4-10H,1-3H3/q+1. The Kier molecular flexibility index (Phi) is 3.89. The van der Waals surface area contributed by atoms with Gasteiger partial charge < -0.3 is 0 Å². The van der Waals surface area contributed by atoms with Gasteiger partial charge in [-0.1, -0.05) is 12.1 Å². The monoisotopic (exact) mass is 270 g/mol. The smallest absolute Gasteiger partial charge is 0.258 e. The third-order valence-corrected chi connectivity index (χ3v) is 3.09. The number of hydrogen-bond donors (Lipinski definition) is 0. The van der Waals surface area contributed by atoms with Gasteiger partial charge in [0.25, 0.3) is 5.69 Å². The van der Waals surface area contributed by atoms with Gasteiger partial charge in [-0.3, -0.25) is 10.1 Å². The minimum atomic E-state index is -0.396. The van der Waals surface area contributed by atoms with Crippen molar-refractivity contribution in [2.45, 2.75) is 13.8 Å².